The van der Waals surface area contributed by atoms with E-state index in [9.17, 15) is 9.59 Å². The largest absolute Gasteiger partial charge is 0.497 e. The summed E-state index contributed by atoms with van der Waals surface area (Å²) in [4.78, 5) is 25.7. The third kappa shape index (κ3) is 4.13. The number of carbonyl (C=O) groups is 2. The summed E-state index contributed by atoms with van der Waals surface area (Å²) in [5.41, 5.74) is 0.597. The molecule has 0 aliphatic carbocycles. The van der Waals surface area contributed by atoms with Crippen molar-refractivity contribution in [2.24, 2.45) is 0 Å². The van der Waals surface area contributed by atoms with Crippen LogP contribution in [0.1, 0.15) is 21.8 Å². The monoisotopic (exact) mass is 374 g/mol. The van der Waals surface area contributed by atoms with Gasteiger partial charge in [-0.25, -0.2) is 0 Å². The van der Waals surface area contributed by atoms with E-state index in [1.165, 1.54) is 35.5 Å². The van der Waals surface area contributed by atoms with Gasteiger partial charge in [-0.1, -0.05) is 6.07 Å². The molecule has 1 unspecified atom stereocenters. The van der Waals surface area contributed by atoms with Gasteiger partial charge in [0, 0.05) is 17.7 Å². The van der Waals surface area contributed by atoms with Crippen molar-refractivity contribution in [1.82, 2.24) is 0 Å². The molecule has 0 bridgehead atoms. The summed E-state index contributed by atoms with van der Waals surface area (Å²) in [6, 6.07) is 9.59. The van der Waals surface area contributed by atoms with Crippen molar-refractivity contribution in [3.63, 3.8) is 0 Å². The highest BCUT2D eigenvalue weighted by molar-refractivity contribution is 6.14. The minimum atomic E-state index is -1.22. The van der Waals surface area contributed by atoms with Crippen molar-refractivity contribution in [3.8, 4) is 23.0 Å². The Morgan fingerprint density at radius 3 is 1.81 bits per heavy atom. The standard InChI is InChI=1S/C20H22O7/c1-23-12-6-8-14(16(10-12)25-3)18(20(22)27-5)19(21)15-9-7-13(24-2)11-17(15)26-4/h6-11,18H,1-5H3. The van der Waals surface area contributed by atoms with E-state index in [4.69, 9.17) is 23.7 Å². The molecule has 0 amide bonds. The first-order valence-electron chi connectivity index (χ1n) is 8.06. The zero-order valence-electron chi connectivity index (χ0n) is 15.9. The molecule has 0 N–H and O–H groups in total. The normalized spacial score (nSPS) is 11.3. The Kier molecular flexibility index (Phi) is 6.65. The second-order valence-corrected chi connectivity index (χ2v) is 5.49. The molecule has 0 radical (unpaired) electrons. The van der Waals surface area contributed by atoms with E-state index in [0.717, 1.165) is 0 Å². The molecule has 0 fully saturated rings. The first-order valence-corrected chi connectivity index (χ1v) is 8.06. The third-order valence-electron chi connectivity index (χ3n) is 4.12. The number of rotatable bonds is 8. The Balaban J connectivity index is 2.58. The van der Waals surface area contributed by atoms with Crippen molar-refractivity contribution < 1.29 is 33.3 Å². The number of methoxy groups -OCH3 is 5. The quantitative estimate of drug-likeness (QED) is 0.399. The van der Waals surface area contributed by atoms with Gasteiger partial charge in [0.05, 0.1) is 41.1 Å². The van der Waals surface area contributed by atoms with Crippen LogP contribution in [0.25, 0.3) is 0 Å². The molecule has 2 aromatic rings. The van der Waals surface area contributed by atoms with Crippen LogP contribution in [-0.2, 0) is 9.53 Å². The molecule has 144 valence electrons. The van der Waals surface area contributed by atoms with Gasteiger partial charge in [0.15, 0.2) is 5.78 Å². The lowest BCUT2D eigenvalue weighted by Gasteiger charge is -2.19. The molecule has 7 heteroatoms. The molecule has 27 heavy (non-hydrogen) atoms. The van der Waals surface area contributed by atoms with Crippen molar-refractivity contribution in [3.05, 3.63) is 47.5 Å². The number of esters is 1. The van der Waals surface area contributed by atoms with Crippen molar-refractivity contribution in [2.45, 2.75) is 5.92 Å². The highest BCUT2D eigenvalue weighted by Gasteiger charge is 2.34. The zero-order valence-corrected chi connectivity index (χ0v) is 15.9. The molecule has 0 saturated heterocycles. The summed E-state index contributed by atoms with van der Waals surface area (Å²) in [5.74, 6) is -0.718. The number of benzene rings is 2. The van der Waals surface area contributed by atoms with E-state index in [0.29, 0.717) is 28.6 Å². The van der Waals surface area contributed by atoms with Crippen LogP contribution in [0.2, 0.25) is 0 Å². The van der Waals surface area contributed by atoms with E-state index in [1.807, 2.05) is 0 Å². The van der Waals surface area contributed by atoms with Gasteiger partial charge < -0.3 is 23.7 Å². The average molecular weight is 374 g/mol. The molecule has 0 heterocycles. The van der Waals surface area contributed by atoms with Crippen molar-refractivity contribution in [1.29, 1.82) is 0 Å². The van der Waals surface area contributed by atoms with Gasteiger partial charge in [0.2, 0.25) is 0 Å². The fourth-order valence-corrected chi connectivity index (χ4v) is 2.71. The zero-order chi connectivity index (χ0) is 20.0. The Morgan fingerprint density at radius 2 is 1.30 bits per heavy atom. The lowest BCUT2D eigenvalue weighted by Crippen LogP contribution is -2.24. The predicted octanol–water partition coefficient (Wildman–Crippen LogP) is 2.86. The predicted molar refractivity (Wildman–Crippen MR) is 98.2 cm³/mol. The van der Waals surface area contributed by atoms with E-state index in [-0.39, 0.29) is 5.56 Å². The molecule has 2 rings (SSSR count). The smallest absolute Gasteiger partial charge is 0.321 e. The highest BCUT2D eigenvalue weighted by Crippen LogP contribution is 2.36. The first kappa shape index (κ1) is 20.1. The van der Waals surface area contributed by atoms with Crippen LogP contribution in [0.3, 0.4) is 0 Å². The number of hydrogen-bond acceptors (Lipinski definition) is 7. The Bertz CT molecular complexity index is 829. The van der Waals surface area contributed by atoms with Crippen LogP contribution in [0.5, 0.6) is 23.0 Å². The molecule has 0 saturated carbocycles. The van der Waals surface area contributed by atoms with Gasteiger partial charge in [0.1, 0.15) is 28.9 Å². The maximum absolute atomic E-state index is 13.2. The van der Waals surface area contributed by atoms with Crippen LogP contribution in [0.15, 0.2) is 36.4 Å². The van der Waals surface area contributed by atoms with E-state index in [1.54, 1.807) is 36.4 Å². The number of hydrogen-bond donors (Lipinski definition) is 0. The Labute approximate surface area is 157 Å². The second kappa shape index (κ2) is 8.93. The number of Topliss-reactive ketones (excluding diaryl/α,β-unsaturated/α-hetero) is 1. The molecular formula is C20H22O7. The number of carbonyl (C=O) groups excluding carboxylic acids is 2. The third-order valence-corrected chi connectivity index (χ3v) is 4.12. The second-order valence-electron chi connectivity index (χ2n) is 5.49. The van der Waals surface area contributed by atoms with Gasteiger partial charge in [-0.3, -0.25) is 9.59 Å². The highest BCUT2D eigenvalue weighted by atomic mass is 16.5. The molecule has 0 aliphatic rings. The molecule has 2 aromatic carbocycles. The van der Waals surface area contributed by atoms with Crippen molar-refractivity contribution >= 4 is 11.8 Å². The van der Waals surface area contributed by atoms with Gasteiger partial charge in [-0.05, 0) is 18.2 Å². The summed E-state index contributed by atoms with van der Waals surface area (Å²) in [6.07, 6.45) is 0. The lowest BCUT2D eigenvalue weighted by molar-refractivity contribution is -0.141. The van der Waals surface area contributed by atoms with Gasteiger partial charge in [0.25, 0.3) is 0 Å². The summed E-state index contributed by atoms with van der Waals surface area (Å²) >= 11 is 0. The van der Waals surface area contributed by atoms with Crippen LogP contribution in [0.4, 0.5) is 0 Å². The average Bonchev–Trinajstić information content (AvgIpc) is 2.72. The van der Waals surface area contributed by atoms with Crippen molar-refractivity contribution in [2.75, 3.05) is 35.5 Å². The van der Waals surface area contributed by atoms with E-state index >= 15 is 0 Å². The fraction of sp³-hybridized carbons (Fsp3) is 0.300. The molecule has 0 aliphatic heterocycles. The Morgan fingerprint density at radius 1 is 0.741 bits per heavy atom. The van der Waals surface area contributed by atoms with Gasteiger partial charge in [-0.15, -0.1) is 0 Å². The molecule has 1 atom stereocenters. The molecule has 0 aromatic heterocycles. The summed E-state index contributed by atoms with van der Waals surface area (Å²) < 4.78 is 25.8. The summed E-state index contributed by atoms with van der Waals surface area (Å²) in [7, 11) is 7.14. The van der Waals surface area contributed by atoms with Gasteiger partial charge >= 0.3 is 5.97 Å². The van der Waals surface area contributed by atoms with Crippen LogP contribution in [-0.4, -0.2) is 47.3 Å². The molecule has 0 spiro atoms. The lowest BCUT2D eigenvalue weighted by atomic mass is 9.89. The fourth-order valence-electron chi connectivity index (χ4n) is 2.71. The topological polar surface area (TPSA) is 80.3 Å². The first-order chi connectivity index (χ1) is 13.0. The van der Waals surface area contributed by atoms with Crippen LogP contribution >= 0.6 is 0 Å². The molecule has 7 nitrogen and oxygen atoms in total. The van der Waals surface area contributed by atoms with Gasteiger partial charge in [-0.2, -0.15) is 0 Å². The van der Waals surface area contributed by atoms with E-state index < -0.39 is 17.7 Å². The van der Waals surface area contributed by atoms with Crippen LogP contribution in [0, 0.1) is 0 Å². The summed E-state index contributed by atoms with van der Waals surface area (Å²) in [6.45, 7) is 0. The maximum atomic E-state index is 13.2. The number of ether oxygens (including phenoxy) is 5. The van der Waals surface area contributed by atoms with Crippen LogP contribution < -0.4 is 18.9 Å². The minimum absolute atomic E-state index is 0.228. The summed E-state index contributed by atoms with van der Waals surface area (Å²) in [5, 5.41) is 0. The molecular weight excluding hydrogens is 352 g/mol. The maximum Gasteiger partial charge on any atom is 0.321 e. The number of ketones is 1. The SMILES string of the molecule is COC(=O)C(C(=O)c1ccc(OC)cc1OC)c1ccc(OC)cc1OC. The Hall–Kier alpha value is -3.22. The van der Waals surface area contributed by atoms with E-state index in [2.05, 4.69) is 0 Å². The minimum Gasteiger partial charge on any atom is -0.497 e.